The van der Waals surface area contributed by atoms with E-state index in [2.05, 4.69) is 15.3 Å². The quantitative estimate of drug-likeness (QED) is 0.705. The lowest BCUT2D eigenvalue weighted by Crippen LogP contribution is -2.48. The molecule has 2 aromatic heterocycles. The second kappa shape index (κ2) is 9.14. The van der Waals surface area contributed by atoms with E-state index in [0.29, 0.717) is 11.4 Å². The van der Waals surface area contributed by atoms with Crippen LogP contribution in [0, 0.1) is 0 Å². The number of rotatable bonds is 4. The number of thiazole rings is 1. The highest BCUT2D eigenvalue weighted by molar-refractivity contribution is 7.16. The summed E-state index contributed by atoms with van der Waals surface area (Å²) in [5, 5.41) is 4.19. The molecule has 1 fully saturated rings. The maximum absolute atomic E-state index is 13.2. The highest BCUT2D eigenvalue weighted by Crippen LogP contribution is 2.30. The number of nitrogens with one attached hydrogen (secondary N) is 1. The smallest absolute Gasteiger partial charge is 0.266 e. The van der Waals surface area contributed by atoms with E-state index in [4.69, 9.17) is 4.74 Å². The number of ether oxygens (including phenoxy) is 1. The first-order valence-corrected chi connectivity index (χ1v) is 9.60. The summed E-state index contributed by atoms with van der Waals surface area (Å²) in [7, 11) is 1.64. The number of methoxy groups -OCH3 is 1. The fraction of sp³-hybridized carbons (Fsp3) is 0.250. The normalized spacial score (nSPS) is 16.3. The van der Waals surface area contributed by atoms with Crippen molar-refractivity contribution in [1.29, 1.82) is 0 Å². The molecule has 28 heavy (non-hydrogen) atoms. The number of carbonyl (C=O) groups excluding carboxylic acids is 1. The summed E-state index contributed by atoms with van der Waals surface area (Å²) in [5.74, 6) is 0.814. The Morgan fingerprint density at radius 1 is 1.25 bits per heavy atom. The van der Waals surface area contributed by atoms with E-state index in [1.54, 1.807) is 19.5 Å². The maximum Gasteiger partial charge on any atom is 0.266 e. The summed E-state index contributed by atoms with van der Waals surface area (Å²) in [6.07, 6.45) is 5.25. The van der Waals surface area contributed by atoms with Crippen molar-refractivity contribution in [3.05, 3.63) is 65.4 Å². The Morgan fingerprint density at radius 3 is 2.79 bits per heavy atom. The van der Waals surface area contributed by atoms with Gasteiger partial charge in [-0.05, 0) is 35.9 Å². The van der Waals surface area contributed by atoms with Crippen molar-refractivity contribution in [2.45, 2.75) is 6.04 Å². The van der Waals surface area contributed by atoms with Crippen LogP contribution in [0.5, 0.6) is 5.75 Å². The number of aromatic nitrogens is 2. The van der Waals surface area contributed by atoms with Crippen molar-refractivity contribution in [1.82, 2.24) is 20.2 Å². The summed E-state index contributed by atoms with van der Waals surface area (Å²) in [4.78, 5) is 24.4. The van der Waals surface area contributed by atoms with Gasteiger partial charge in [-0.3, -0.25) is 9.78 Å². The van der Waals surface area contributed by atoms with Gasteiger partial charge >= 0.3 is 0 Å². The fourth-order valence-electron chi connectivity index (χ4n) is 3.20. The Bertz CT molecular complexity index is 917. The number of halogens is 1. The van der Waals surface area contributed by atoms with Crippen molar-refractivity contribution in [3.63, 3.8) is 0 Å². The lowest BCUT2D eigenvalue weighted by molar-refractivity contribution is 0.0639. The van der Waals surface area contributed by atoms with Gasteiger partial charge in [0.05, 0.1) is 19.3 Å². The van der Waals surface area contributed by atoms with E-state index >= 15 is 0 Å². The Balaban J connectivity index is 0.00000225. The third kappa shape index (κ3) is 4.16. The molecule has 4 rings (SSSR count). The molecule has 0 radical (unpaired) electrons. The Morgan fingerprint density at radius 2 is 2.07 bits per heavy atom. The van der Waals surface area contributed by atoms with Gasteiger partial charge in [-0.15, -0.1) is 23.7 Å². The summed E-state index contributed by atoms with van der Waals surface area (Å²) in [5.41, 5.74) is 2.02. The summed E-state index contributed by atoms with van der Waals surface area (Å²) in [6, 6.07) is 11.6. The fourth-order valence-corrected chi connectivity index (χ4v) is 4.08. The summed E-state index contributed by atoms with van der Waals surface area (Å²) < 4.78 is 5.19. The van der Waals surface area contributed by atoms with Crippen molar-refractivity contribution in [2.75, 3.05) is 26.7 Å². The molecule has 1 N–H and O–H groups in total. The second-order valence-electron chi connectivity index (χ2n) is 6.26. The number of carbonyl (C=O) groups is 1. The molecule has 1 aliphatic rings. The largest absolute Gasteiger partial charge is 0.497 e. The number of pyridine rings is 1. The molecular formula is C20H21ClN4O2S. The minimum absolute atomic E-state index is 0. The predicted molar refractivity (Wildman–Crippen MR) is 112 cm³/mol. The molecule has 1 aliphatic heterocycles. The number of hydrogen-bond acceptors (Lipinski definition) is 6. The Kier molecular flexibility index (Phi) is 6.61. The van der Waals surface area contributed by atoms with Crippen LogP contribution in [-0.4, -0.2) is 47.5 Å². The highest BCUT2D eigenvalue weighted by Gasteiger charge is 2.29. The van der Waals surface area contributed by atoms with E-state index in [-0.39, 0.29) is 24.4 Å². The lowest BCUT2D eigenvalue weighted by atomic mass is 10.1. The van der Waals surface area contributed by atoms with Gasteiger partial charge in [0, 0.05) is 37.6 Å². The van der Waals surface area contributed by atoms with E-state index in [1.165, 1.54) is 11.3 Å². The molecule has 146 valence electrons. The molecule has 1 atom stereocenters. The van der Waals surface area contributed by atoms with Gasteiger partial charge in [0.1, 0.15) is 15.6 Å². The van der Waals surface area contributed by atoms with Crippen LogP contribution in [0.25, 0.3) is 10.6 Å². The monoisotopic (exact) mass is 416 g/mol. The molecule has 3 aromatic rings. The molecule has 1 amide bonds. The number of hydrogen-bond donors (Lipinski definition) is 1. The van der Waals surface area contributed by atoms with Crippen LogP contribution < -0.4 is 10.1 Å². The third-order valence-electron chi connectivity index (χ3n) is 4.63. The summed E-state index contributed by atoms with van der Waals surface area (Å²) in [6.45, 7) is 2.17. The minimum Gasteiger partial charge on any atom is -0.497 e. The Labute approximate surface area is 174 Å². The van der Waals surface area contributed by atoms with Crippen LogP contribution >= 0.6 is 23.7 Å². The molecule has 6 nitrogen and oxygen atoms in total. The van der Waals surface area contributed by atoms with Crippen LogP contribution in [0.3, 0.4) is 0 Å². The van der Waals surface area contributed by atoms with Crippen molar-refractivity contribution < 1.29 is 9.53 Å². The molecule has 0 spiro atoms. The first-order valence-electron chi connectivity index (χ1n) is 8.78. The maximum atomic E-state index is 13.2. The van der Waals surface area contributed by atoms with Crippen LogP contribution in [0.2, 0.25) is 0 Å². The van der Waals surface area contributed by atoms with Gasteiger partial charge in [-0.2, -0.15) is 0 Å². The average molecular weight is 417 g/mol. The number of benzene rings is 1. The zero-order chi connectivity index (χ0) is 18.6. The molecule has 1 aromatic carbocycles. The van der Waals surface area contributed by atoms with Crippen molar-refractivity contribution >= 4 is 29.7 Å². The summed E-state index contributed by atoms with van der Waals surface area (Å²) >= 11 is 1.42. The molecule has 1 unspecified atom stereocenters. The number of amides is 1. The van der Waals surface area contributed by atoms with E-state index < -0.39 is 0 Å². The highest BCUT2D eigenvalue weighted by atomic mass is 35.5. The standard InChI is InChI=1S/C20H20N4O2S.ClH/c1-26-16-6-4-14(5-7-16)19-23-13-18(27-19)20(25)24-10-9-22-12-17(24)15-3-2-8-21-11-15;/h2-8,11,13,17,22H,9-10,12H2,1H3;1H. The van der Waals surface area contributed by atoms with Crippen LogP contribution in [0.1, 0.15) is 21.3 Å². The lowest BCUT2D eigenvalue weighted by Gasteiger charge is -2.36. The van der Waals surface area contributed by atoms with E-state index in [1.807, 2.05) is 47.5 Å². The predicted octanol–water partition coefficient (Wildman–Crippen LogP) is 3.42. The van der Waals surface area contributed by atoms with Crippen molar-refractivity contribution in [2.24, 2.45) is 0 Å². The van der Waals surface area contributed by atoms with Gasteiger partial charge < -0.3 is 15.0 Å². The van der Waals surface area contributed by atoms with Crippen LogP contribution in [0.15, 0.2) is 55.0 Å². The topological polar surface area (TPSA) is 67.3 Å². The first kappa shape index (κ1) is 20.3. The van der Waals surface area contributed by atoms with Gasteiger partial charge in [-0.25, -0.2) is 4.98 Å². The minimum atomic E-state index is -0.0218. The van der Waals surface area contributed by atoms with Gasteiger partial charge in [0.25, 0.3) is 5.91 Å². The van der Waals surface area contributed by atoms with Gasteiger partial charge in [-0.1, -0.05) is 6.07 Å². The van der Waals surface area contributed by atoms with E-state index in [9.17, 15) is 4.79 Å². The van der Waals surface area contributed by atoms with Crippen molar-refractivity contribution in [3.8, 4) is 16.3 Å². The van der Waals surface area contributed by atoms with E-state index in [0.717, 1.165) is 35.0 Å². The zero-order valence-corrected chi connectivity index (χ0v) is 17.0. The SMILES string of the molecule is COc1ccc(-c2ncc(C(=O)N3CCNCC3c3cccnc3)s2)cc1.Cl. The molecule has 0 saturated carbocycles. The first-order chi connectivity index (χ1) is 13.3. The molecule has 1 saturated heterocycles. The molecule has 8 heteroatoms. The number of piperazine rings is 1. The van der Waals surface area contributed by atoms with Crippen LogP contribution in [0.4, 0.5) is 0 Å². The molecule has 0 aliphatic carbocycles. The average Bonchev–Trinajstić information content (AvgIpc) is 3.24. The molecule has 0 bridgehead atoms. The third-order valence-corrected chi connectivity index (χ3v) is 5.66. The number of nitrogens with zero attached hydrogens (tertiary/aromatic N) is 3. The zero-order valence-electron chi connectivity index (χ0n) is 15.4. The Hall–Kier alpha value is -2.48. The second-order valence-corrected chi connectivity index (χ2v) is 7.29. The van der Waals surface area contributed by atoms with Gasteiger partial charge in [0.15, 0.2) is 0 Å². The van der Waals surface area contributed by atoms with Gasteiger partial charge in [0.2, 0.25) is 0 Å². The molecular weight excluding hydrogens is 396 g/mol. The van der Waals surface area contributed by atoms with Crippen LogP contribution in [-0.2, 0) is 0 Å². The molecule has 3 heterocycles.